The SMILES string of the molecule is COC(=O)c1cccc(Nc2ccc(C(=O)NCCN(C)C)nc2)c1. The van der Waals surface area contributed by atoms with Gasteiger partial charge in [-0.1, -0.05) is 6.07 Å². The normalized spacial score (nSPS) is 10.4. The van der Waals surface area contributed by atoms with Crippen LogP contribution in [0, 0.1) is 0 Å². The molecule has 132 valence electrons. The summed E-state index contributed by atoms with van der Waals surface area (Å²) < 4.78 is 4.70. The third-order valence-corrected chi connectivity index (χ3v) is 3.41. The fourth-order valence-corrected chi connectivity index (χ4v) is 2.09. The fraction of sp³-hybridized carbons (Fsp3) is 0.278. The van der Waals surface area contributed by atoms with Crippen molar-refractivity contribution in [1.29, 1.82) is 0 Å². The lowest BCUT2D eigenvalue weighted by atomic mass is 10.2. The second-order valence-corrected chi connectivity index (χ2v) is 5.69. The average Bonchev–Trinajstić information content (AvgIpc) is 2.61. The Balaban J connectivity index is 1.98. The molecule has 1 aromatic carbocycles. The van der Waals surface area contributed by atoms with Crippen molar-refractivity contribution < 1.29 is 14.3 Å². The molecule has 7 nitrogen and oxygen atoms in total. The summed E-state index contributed by atoms with van der Waals surface area (Å²) >= 11 is 0. The topological polar surface area (TPSA) is 83.6 Å². The van der Waals surface area contributed by atoms with Gasteiger partial charge in [-0.05, 0) is 44.4 Å². The number of carbonyl (C=O) groups excluding carboxylic acids is 2. The van der Waals surface area contributed by atoms with E-state index in [9.17, 15) is 9.59 Å². The Hall–Kier alpha value is -2.93. The van der Waals surface area contributed by atoms with Crippen LogP contribution in [0.2, 0.25) is 0 Å². The summed E-state index contributed by atoms with van der Waals surface area (Å²) in [4.78, 5) is 29.7. The molecule has 2 N–H and O–H groups in total. The number of hydrogen-bond donors (Lipinski definition) is 2. The summed E-state index contributed by atoms with van der Waals surface area (Å²) in [7, 11) is 5.23. The number of methoxy groups -OCH3 is 1. The first-order valence-electron chi connectivity index (χ1n) is 7.84. The van der Waals surface area contributed by atoms with Gasteiger partial charge in [0.1, 0.15) is 5.69 Å². The summed E-state index contributed by atoms with van der Waals surface area (Å²) in [5.74, 6) is -0.604. The number of nitrogens with zero attached hydrogens (tertiary/aromatic N) is 2. The van der Waals surface area contributed by atoms with Crippen LogP contribution < -0.4 is 10.6 Å². The maximum absolute atomic E-state index is 12.0. The van der Waals surface area contributed by atoms with E-state index in [1.807, 2.05) is 25.1 Å². The number of benzene rings is 1. The molecular weight excluding hydrogens is 320 g/mol. The smallest absolute Gasteiger partial charge is 0.337 e. The molecule has 2 rings (SSSR count). The van der Waals surface area contributed by atoms with Crippen molar-refractivity contribution in [3.05, 3.63) is 53.9 Å². The number of anilines is 2. The highest BCUT2D eigenvalue weighted by Gasteiger charge is 2.08. The maximum atomic E-state index is 12.0. The van der Waals surface area contributed by atoms with Crippen molar-refractivity contribution in [2.45, 2.75) is 0 Å². The van der Waals surface area contributed by atoms with Gasteiger partial charge in [0.05, 0.1) is 24.6 Å². The van der Waals surface area contributed by atoms with Gasteiger partial charge in [0.25, 0.3) is 5.91 Å². The number of hydrogen-bond acceptors (Lipinski definition) is 6. The number of likely N-dealkylation sites (N-methyl/N-ethyl adjacent to an activating group) is 1. The van der Waals surface area contributed by atoms with Crippen LogP contribution in [0.1, 0.15) is 20.8 Å². The van der Waals surface area contributed by atoms with Gasteiger partial charge < -0.3 is 20.3 Å². The monoisotopic (exact) mass is 342 g/mol. The van der Waals surface area contributed by atoms with E-state index < -0.39 is 5.97 Å². The maximum Gasteiger partial charge on any atom is 0.337 e. The number of rotatable bonds is 7. The predicted molar refractivity (Wildman–Crippen MR) is 96.2 cm³/mol. The van der Waals surface area contributed by atoms with E-state index in [1.54, 1.807) is 36.5 Å². The van der Waals surface area contributed by atoms with E-state index in [1.165, 1.54) is 7.11 Å². The number of amides is 1. The summed E-state index contributed by atoms with van der Waals surface area (Å²) in [6.45, 7) is 1.33. The molecule has 0 aliphatic carbocycles. The van der Waals surface area contributed by atoms with Gasteiger partial charge in [0.15, 0.2) is 0 Å². The lowest BCUT2D eigenvalue weighted by molar-refractivity contribution is 0.0600. The molecule has 0 saturated carbocycles. The van der Waals surface area contributed by atoms with E-state index in [4.69, 9.17) is 4.74 Å². The van der Waals surface area contributed by atoms with E-state index in [0.29, 0.717) is 23.5 Å². The molecule has 1 heterocycles. The molecule has 1 amide bonds. The third-order valence-electron chi connectivity index (χ3n) is 3.41. The third kappa shape index (κ3) is 5.58. The van der Waals surface area contributed by atoms with Crippen LogP contribution in [0.5, 0.6) is 0 Å². The Kier molecular flexibility index (Phi) is 6.47. The minimum Gasteiger partial charge on any atom is -0.465 e. The second kappa shape index (κ2) is 8.79. The quantitative estimate of drug-likeness (QED) is 0.748. The predicted octanol–water partition coefficient (Wildman–Crippen LogP) is 1.90. The number of pyridine rings is 1. The molecule has 25 heavy (non-hydrogen) atoms. The molecule has 0 radical (unpaired) electrons. The zero-order chi connectivity index (χ0) is 18.2. The van der Waals surface area contributed by atoms with E-state index in [-0.39, 0.29) is 5.91 Å². The largest absolute Gasteiger partial charge is 0.465 e. The van der Waals surface area contributed by atoms with Crippen LogP contribution in [0.4, 0.5) is 11.4 Å². The molecule has 2 aromatic rings. The molecule has 0 unspecified atom stereocenters. The van der Waals surface area contributed by atoms with Crippen LogP contribution in [0.15, 0.2) is 42.6 Å². The molecule has 0 aliphatic rings. The first-order valence-corrected chi connectivity index (χ1v) is 7.84. The number of ether oxygens (including phenoxy) is 1. The minimum atomic E-state index is -0.397. The Morgan fingerprint density at radius 3 is 2.60 bits per heavy atom. The molecule has 0 aliphatic heterocycles. The van der Waals surface area contributed by atoms with Crippen LogP contribution in [-0.2, 0) is 4.74 Å². The molecular formula is C18H22N4O3. The zero-order valence-corrected chi connectivity index (χ0v) is 14.6. The second-order valence-electron chi connectivity index (χ2n) is 5.69. The molecule has 7 heteroatoms. The van der Waals surface area contributed by atoms with Gasteiger partial charge in [-0.25, -0.2) is 9.78 Å². The fourth-order valence-electron chi connectivity index (χ4n) is 2.09. The first-order chi connectivity index (χ1) is 12.0. The first kappa shape index (κ1) is 18.4. The standard InChI is InChI=1S/C18H22N4O3/c1-22(2)10-9-19-17(23)16-8-7-15(12-20-16)21-14-6-4-5-13(11-14)18(24)25-3/h4-8,11-12,21H,9-10H2,1-3H3,(H,19,23). The van der Waals surface area contributed by atoms with Gasteiger partial charge in [0.2, 0.25) is 0 Å². The molecule has 0 bridgehead atoms. The van der Waals surface area contributed by atoms with Gasteiger partial charge in [-0.3, -0.25) is 4.79 Å². The number of esters is 1. The van der Waals surface area contributed by atoms with Gasteiger partial charge in [-0.2, -0.15) is 0 Å². The van der Waals surface area contributed by atoms with Gasteiger partial charge in [0, 0.05) is 18.8 Å². The number of aromatic nitrogens is 1. The Labute approximate surface area is 147 Å². The highest BCUT2D eigenvalue weighted by Crippen LogP contribution is 2.17. The Bertz CT molecular complexity index is 729. The molecule has 1 aromatic heterocycles. The van der Waals surface area contributed by atoms with Crippen molar-refractivity contribution in [1.82, 2.24) is 15.2 Å². The van der Waals surface area contributed by atoms with E-state index in [2.05, 4.69) is 15.6 Å². The number of carbonyl (C=O) groups is 2. The molecule has 0 atom stereocenters. The molecule has 0 fully saturated rings. The van der Waals surface area contributed by atoms with Gasteiger partial charge >= 0.3 is 5.97 Å². The minimum absolute atomic E-state index is 0.207. The highest BCUT2D eigenvalue weighted by atomic mass is 16.5. The lowest BCUT2D eigenvalue weighted by Gasteiger charge is -2.11. The number of nitrogens with one attached hydrogen (secondary N) is 2. The highest BCUT2D eigenvalue weighted by molar-refractivity contribution is 5.92. The van der Waals surface area contributed by atoms with Crippen LogP contribution in [0.3, 0.4) is 0 Å². The van der Waals surface area contributed by atoms with Crippen molar-refractivity contribution in [3.63, 3.8) is 0 Å². The van der Waals surface area contributed by atoms with Crippen molar-refractivity contribution in [3.8, 4) is 0 Å². The van der Waals surface area contributed by atoms with Crippen LogP contribution in [0.25, 0.3) is 0 Å². The van der Waals surface area contributed by atoms with Crippen molar-refractivity contribution in [2.24, 2.45) is 0 Å². The van der Waals surface area contributed by atoms with E-state index >= 15 is 0 Å². The summed E-state index contributed by atoms with van der Waals surface area (Å²) in [5, 5.41) is 5.95. The average molecular weight is 342 g/mol. The molecule has 0 saturated heterocycles. The van der Waals surface area contributed by atoms with Crippen molar-refractivity contribution >= 4 is 23.3 Å². The molecule has 0 spiro atoms. The Morgan fingerprint density at radius 1 is 1.16 bits per heavy atom. The van der Waals surface area contributed by atoms with Crippen LogP contribution >= 0.6 is 0 Å². The van der Waals surface area contributed by atoms with Crippen molar-refractivity contribution in [2.75, 3.05) is 39.6 Å². The zero-order valence-electron chi connectivity index (χ0n) is 14.6. The van der Waals surface area contributed by atoms with Crippen LogP contribution in [-0.4, -0.2) is 56.1 Å². The lowest BCUT2D eigenvalue weighted by Crippen LogP contribution is -2.31. The summed E-state index contributed by atoms with van der Waals surface area (Å²) in [5.41, 5.74) is 2.25. The summed E-state index contributed by atoms with van der Waals surface area (Å²) in [6.07, 6.45) is 1.58. The van der Waals surface area contributed by atoms with E-state index in [0.717, 1.165) is 12.2 Å². The summed E-state index contributed by atoms with van der Waals surface area (Å²) in [6, 6.07) is 10.4. The Morgan fingerprint density at radius 2 is 1.96 bits per heavy atom. The van der Waals surface area contributed by atoms with Gasteiger partial charge in [-0.15, -0.1) is 0 Å².